The molecule has 22 heavy (non-hydrogen) atoms. The van der Waals surface area contributed by atoms with Gasteiger partial charge in [-0.3, -0.25) is 4.98 Å². The fourth-order valence-electron chi connectivity index (χ4n) is 2.88. The molecule has 110 valence electrons. The zero-order valence-corrected chi connectivity index (χ0v) is 13.5. The van der Waals surface area contributed by atoms with E-state index in [0.29, 0.717) is 0 Å². The van der Waals surface area contributed by atoms with Crippen LogP contribution in [0.5, 0.6) is 0 Å². The fourth-order valence-corrected chi connectivity index (χ4v) is 3.33. The first-order valence-corrected chi connectivity index (χ1v) is 7.74. The van der Waals surface area contributed by atoms with Gasteiger partial charge in [0.2, 0.25) is 0 Å². The van der Waals surface area contributed by atoms with Crippen LogP contribution in [0.25, 0.3) is 0 Å². The SMILES string of the molecule is Cc1ccc(C(Cl)(c2ccccc2)c2ccccn2)c(C)c1. The number of nitrogens with zero attached hydrogens (tertiary/aromatic N) is 1. The van der Waals surface area contributed by atoms with Crippen LogP contribution < -0.4 is 0 Å². The second-order valence-electron chi connectivity index (χ2n) is 5.56. The van der Waals surface area contributed by atoms with Crippen molar-refractivity contribution in [2.75, 3.05) is 0 Å². The third-order valence-corrected chi connectivity index (χ3v) is 4.56. The average molecular weight is 308 g/mol. The molecule has 0 aliphatic heterocycles. The summed E-state index contributed by atoms with van der Waals surface area (Å²) in [7, 11) is 0. The zero-order valence-electron chi connectivity index (χ0n) is 12.8. The standard InChI is InChI=1S/C20H18ClN/c1-15-11-12-18(16(2)14-15)20(21,17-8-4-3-5-9-17)19-10-6-7-13-22-19/h3-14H,1-2H3. The van der Waals surface area contributed by atoms with Crippen molar-refractivity contribution >= 4 is 11.6 Å². The lowest BCUT2D eigenvalue weighted by Gasteiger charge is -2.29. The Morgan fingerprint density at radius 3 is 2.23 bits per heavy atom. The molecule has 0 saturated heterocycles. The van der Waals surface area contributed by atoms with Crippen LogP contribution in [0.15, 0.2) is 72.9 Å². The van der Waals surface area contributed by atoms with E-state index in [2.05, 4.69) is 49.2 Å². The Balaban J connectivity index is 2.28. The second kappa shape index (κ2) is 5.94. The lowest BCUT2D eigenvalue weighted by atomic mass is 9.84. The lowest BCUT2D eigenvalue weighted by molar-refractivity contribution is 0.824. The molecule has 1 atom stereocenters. The van der Waals surface area contributed by atoms with Gasteiger partial charge in [-0.15, -0.1) is 11.6 Å². The molecule has 1 aromatic heterocycles. The molecule has 1 heterocycles. The average Bonchev–Trinajstić information content (AvgIpc) is 2.56. The fraction of sp³-hybridized carbons (Fsp3) is 0.150. The van der Waals surface area contributed by atoms with E-state index in [4.69, 9.17) is 11.6 Å². The monoisotopic (exact) mass is 307 g/mol. The highest BCUT2D eigenvalue weighted by molar-refractivity contribution is 6.28. The van der Waals surface area contributed by atoms with Crippen molar-refractivity contribution in [1.29, 1.82) is 0 Å². The molecule has 0 spiro atoms. The van der Waals surface area contributed by atoms with Gasteiger partial charge in [-0.2, -0.15) is 0 Å². The van der Waals surface area contributed by atoms with Gasteiger partial charge in [-0.25, -0.2) is 0 Å². The summed E-state index contributed by atoms with van der Waals surface area (Å²) in [5.41, 5.74) is 5.35. The first kappa shape index (κ1) is 14.8. The largest absolute Gasteiger partial charge is 0.259 e. The third kappa shape index (κ3) is 2.53. The van der Waals surface area contributed by atoms with E-state index in [9.17, 15) is 0 Å². The van der Waals surface area contributed by atoms with Crippen molar-refractivity contribution in [2.24, 2.45) is 0 Å². The number of hydrogen-bond acceptors (Lipinski definition) is 1. The summed E-state index contributed by atoms with van der Waals surface area (Å²) in [6.07, 6.45) is 1.79. The number of benzene rings is 2. The number of aryl methyl sites for hydroxylation is 2. The molecule has 1 unspecified atom stereocenters. The maximum atomic E-state index is 7.21. The van der Waals surface area contributed by atoms with Crippen molar-refractivity contribution in [3.63, 3.8) is 0 Å². The molecule has 3 aromatic rings. The molecule has 1 nitrogen and oxygen atoms in total. The number of alkyl halides is 1. The van der Waals surface area contributed by atoms with Gasteiger partial charge < -0.3 is 0 Å². The van der Waals surface area contributed by atoms with Crippen molar-refractivity contribution in [1.82, 2.24) is 4.98 Å². The van der Waals surface area contributed by atoms with Crippen molar-refractivity contribution in [2.45, 2.75) is 18.7 Å². The number of rotatable bonds is 3. The number of halogens is 1. The molecule has 2 aromatic carbocycles. The Bertz CT molecular complexity index is 727. The molecule has 0 N–H and O–H groups in total. The van der Waals surface area contributed by atoms with Crippen LogP contribution in [-0.2, 0) is 4.87 Å². The van der Waals surface area contributed by atoms with E-state index < -0.39 is 4.87 Å². The van der Waals surface area contributed by atoms with Crippen LogP contribution in [0, 0.1) is 13.8 Å². The van der Waals surface area contributed by atoms with Gasteiger partial charge in [-0.1, -0.05) is 60.2 Å². The van der Waals surface area contributed by atoms with Crippen LogP contribution in [0.4, 0.5) is 0 Å². The molecule has 0 saturated carbocycles. The van der Waals surface area contributed by atoms with E-state index in [-0.39, 0.29) is 0 Å². The Morgan fingerprint density at radius 1 is 0.864 bits per heavy atom. The maximum Gasteiger partial charge on any atom is 0.136 e. The minimum absolute atomic E-state index is 0.777. The number of aromatic nitrogens is 1. The highest BCUT2D eigenvalue weighted by atomic mass is 35.5. The van der Waals surface area contributed by atoms with Gasteiger partial charge in [0.05, 0.1) is 5.69 Å². The molecular formula is C20H18ClN. The Kier molecular flexibility index (Phi) is 4.00. The quantitative estimate of drug-likeness (QED) is 0.604. The maximum absolute atomic E-state index is 7.21. The normalized spacial score (nSPS) is 13.6. The van der Waals surface area contributed by atoms with Crippen molar-refractivity contribution in [3.05, 3.63) is 101 Å². The molecule has 0 aliphatic carbocycles. The highest BCUT2D eigenvalue weighted by Crippen LogP contribution is 2.43. The van der Waals surface area contributed by atoms with E-state index in [0.717, 1.165) is 16.8 Å². The molecule has 0 bridgehead atoms. The van der Waals surface area contributed by atoms with Gasteiger partial charge in [0.25, 0.3) is 0 Å². The second-order valence-corrected chi connectivity index (χ2v) is 6.12. The summed E-state index contributed by atoms with van der Waals surface area (Å²) in [5.74, 6) is 0. The number of hydrogen-bond donors (Lipinski definition) is 0. The van der Waals surface area contributed by atoms with Gasteiger partial charge in [0.15, 0.2) is 0 Å². The molecule has 0 fully saturated rings. The lowest BCUT2D eigenvalue weighted by Crippen LogP contribution is -2.24. The van der Waals surface area contributed by atoms with Crippen LogP contribution in [-0.4, -0.2) is 4.98 Å². The molecule has 3 rings (SSSR count). The summed E-state index contributed by atoms with van der Waals surface area (Å²) < 4.78 is 0. The number of pyridine rings is 1. The van der Waals surface area contributed by atoms with Crippen LogP contribution in [0.2, 0.25) is 0 Å². The zero-order chi connectivity index (χ0) is 15.6. The van der Waals surface area contributed by atoms with Gasteiger partial charge >= 0.3 is 0 Å². The highest BCUT2D eigenvalue weighted by Gasteiger charge is 2.36. The molecule has 0 radical (unpaired) electrons. The molecule has 0 aliphatic rings. The minimum atomic E-state index is -0.777. The smallest absolute Gasteiger partial charge is 0.136 e. The summed E-state index contributed by atoms with van der Waals surface area (Å²) in [6, 6.07) is 22.4. The Morgan fingerprint density at radius 2 is 1.59 bits per heavy atom. The van der Waals surface area contributed by atoms with E-state index in [1.165, 1.54) is 11.1 Å². The predicted octanol–water partition coefficient (Wildman–Crippen LogP) is 5.23. The Labute approximate surface area is 136 Å². The van der Waals surface area contributed by atoms with Gasteiger partial charge in [0, 0.05) is 6.20 Å². The molecule has 2 heteroatoms. The molecular weight excluding hydrogens is 290 g/mol. The van der Waals surface area contributed by atoms with Crippen LogP contribution >= 0.6 is 11.6 Å². The third-order valence-electron chi connectivity index (χ3n) is 3.94. The van der Waals surface area contributed by atoms with E-state index >= 15 is 0 Å². The first-order chi connectivity index (χ1) is 10.6. The summed E-state index contributed by atoms with van der Waals surface area (Å²) in [5, 5.41) is 0. The summed E-state index contributed by atoms with van der Waals surface area (Å²) in [6.45, 7) is 4.20. The summed E-state index contributed by atoms with van der Waals surface area (Å²) in [4.78, 5) is 3.76. The van der Waals surface area contributed by atoms with Gasteiger partial charge in [0.1, 0.15) is 4.87 Å². The summed E-state index contributed by atoms with van der Waals surface area (Å²) >= 11 is 7.21. The molecule has 0 amide bonds. The minimum Gasteiger partial charge on any atom is -0.259 e. The first-order valence-electron chi connectivity index (χ1n) is 7.36. The topological polar surface area (TPSA) is 12.9 Å². The van der Waals surface area contributed by atoms with Crippen LogP contribution in [0.3, 0.4) is 0 Å². The van der Waals surface area contributed by atoms with E-state index in [1.807, 2.05) is 36.4 Å². The predicted molar refractivity (Wildman–Crippen MR) is 92.3 cm³/mol. The van der Waals surface area contributed by atoms with Crippen LogP contribution in [0.1, 0.15) is 27.9 Å². The van der Waals surface area contributed by atoms with Crippen molar-refractivity contribution in [3.8, 4) is 0 Å². The van der Waals surface area contributed by atoms with E-state index in [1.54, 1.807) is 6.20 Å². The van der Waals surface area contributed by atoms with Gasteiger partial charge in [-0.05, 0) is 42.7 Å². The Hall–Kier alpha value is -2.12. The van der Waals surface area contributed by atoms with Crippen molar-refractivity contribution < 1.29 is 0 Å².